The van der Waals surface area contributed by atoms with Crippen LogP contribution in [0.3, 0.4) is 0 Å². The van der Waals surface area contributed by atoms with E-state index in [0.29, 0.717) is 65.5 Å². The maximum atomic E-state index is 12.1. The first-order valence-corrected chi connectivity index (χ1v) is 9.31. The van der Waals surface area contributed by atoms with Crippen LogP contribution >= 0.6 is 0 Å². The maximum Gasteiger partial charge on any atom is 0.236 e. The number of ether oxygens (including phenoxy) is 3. The lowest BCUT2D eigenvalue weighted by Crippen LogP contribution is -2.66. The van der Waals surface area contributed by atoms with E-state index in [0.717, 1.165) is 11.4 Å². The fourth-order valence-corrected chi connectivity index (χ4v) is 3.33. The molecule has 2 amide bonds. The molecule has 2 aliphatic heterocycles. The Hall–Kier alpha value is -2.16. The molecule has 0 bridgehead atoms. The van der Waals surface area contributed by atoms with Crippen LogP contribution in [0.25, 0.3) is 0 Å². The minimum Gasteiger partial charge on any atom is -0.491 e. The van der Waals surface area contributed by atoms with Gasteiger partial charge in [-0.2, -0.15) is 0 Å². The first kappa shape index (κ1) is 19.6. The van der Waals surface area contributed by atoms with Gasteiger partial charge in [0, 0.05) is 31.7 Å². The first-order valence-electron chi connectivity index (χ1n) is 9.31. The van der Waals surface area contributed by atoms with Gasteiger partial charge in [-0.15, -0.1) is 0 Å². The van der Waals surface area contributed by atoms with E-state index in [9.17, 15) is 9.59 Å². The third kappa shape index (κ3) is 4.97. The summed E-state index contributed by atoms with van der Waals surface area (Å²) in [4.78, 5) is 25.5. The predicted molar refractivity (Wildman–Crippen MR) is 99.7 cm³/mol. The van der Waals surface area contributed by atoms with Crippen molar-refractivity contribution in [3.63, 3.8) is 0 Å². The van der Waals surface area contributed by atoms with Gasteiger partial charge in [0.15, 0.2) is 0 Å². The number of nitrogens with one attached hydrogen (secondary N) is 1. The molecule has 0 atom stereocenters. The number of rotatable bonds is 10. The van der Waals surface area contributed by atoms with Crippen LogP contribution in [0.1, 0.15) is 12.8 Å². The molecule has 0 radical (unpaired) electrons. The van der Waals surface area contributed by atoms with Gasteiger partial charge in [0.25, 0.3) is 0 Å². The van der Waals surface area contributed by atoms with Crippen LogP contribution in [0.5, 0.6) is 5.75 Å². The summed E-state index contributed by atoms with van der Waals surface area (Å²) in [5.41, 5.74) is 5.96. The summed E-state index contributed by atoms with van der Waals surface area (Å²) in [5.74, 6) is 0.471. The number of hydrogen-bond donors (Lipinski definition) is 2. The molecule has 0 unspecified atom stereocenters. The number of nitrogens with two attached hydrogens (primary N) is 1. The van der Waals surface area contributed by atoms with Crippen molar-refractivity contribution in [3.8, 4) is 5.75 Å². The number of anilines is 1. The van der Waals surface area contributed by atoms with E-state index in [2.05, 4.69) is 10.2 Å². The molecule has 8 heteroatoms. The molecule has 0 saturated carbocycles. The molecule has 1 aromatic carbocycles. The molecule has 1 aromatic rings. The Morgan fingerprint density at radius 3 is 2.33 bits per heavy atom. The number of amides is 2. The first-order chi connectivity index (χ1) is 13.1. The molecule has 1 spiro atoms. The van der Waals surface area contributed by atoms with Gasteiger partial charge < -0.3 is 24.8 Å². The van der Waals surface area contributed by atoms with Gasteiger partial charge in [0.05, 0.1) is 31.8 Å². The van der Waals surface area contributed by atoms with Gasteiger partial charge >= 0.3 is 0 Å². The summed E-state index contributed by atoms with van der Waals surface area (Å²) in [6.07, 6.45) is 1.06. The van der Waals surface area contributed by atoms with Gasteiger partial charge in [-0.05, 0) is 30.7 Å². The van der Waals surface area contributed by atoms with E-state index in [1.807, 2.05) is 24.3 Å². The molecule has 148 valence electrons. The molecule has 3 N–H and O–H groups in total. The molecule has 0 aromatic heterocycles. The lowest BCUT2D eigenvalue weighted by Gasteiger charge is -2.51. The van der Waals surface area contributed by atoms with Gasteiger partial charge in [0.1, 0.15) is 12.4 Å². The van der Waals surface area contributed by atoms with E-state index in [1.165, 1.54) is 0 Å². The average molecular weight is 377 g/mol. The zero-order valence-corrected chi connectivity index (χ0v) is 15.4. The van der Waals surface area contributed by atoms with Gasteiger partial charge in [0.2, 0.25) is 11.8 Å². The summed E-state index contributed by atoms with van der Waals surface area (Å²) in [6, 6.07) is 7.79. The SMILES string of the molecule is NCCOCCOCCOc1ccc(N2CC3(CCC(=O)NC3=O)C2)cc1. The number of nitrogens with zero attached hydrogens (tertiary/aromatic N) is 1. The molecular weight excluding hydrogens is 350 g/mol. The molecule has 8 nitrogen and oxygen atoms in total. The quantitative estimate of drug-likeness (QED) is 0.446. The second kappa shape index (κ2) is 9.16. The van der Waals surface area contributed by atoms with Crippen LogP contribution in [0.2, 0.25) is 0 Å². The molecule has 2 fully saturated rings. The fraction of sp³-hybridized carbons (Fsp3) is 0.579. The van der Waals surface area contributed by atoms with Crippen molar-refractivity contribution >= 4 is 17.5 Å². The Morgan fingerprint density at radius 2 is 1.67 bits per heavy atom. The average Bonchev–Trinajstić information content (AvgIpc) is 2.63. The smallest absolute Gasteiger partial charge is 0.236 e. The van der Waals surface area contributed by atoms with Crippen LogP contribution in [-0.4, -0.2) is 64.5 Å². The van der Waals surface area contributed by atoms with Crippen molar-refractivity contribution in [2.24, 2.45) is 11.1 Å². The Labute approximate surface area is 158 Å². The standard InChI is InChI=1S/C19H27N3O5/c20-7-8-25-9-10-26-11-12-27-16-3-1-15(2-4-16)22-13-19(14-22)6-5-17(23)21-18(19)24/h1-4H,5-14,20H2,(H,21,23,24). The van der Waals surface area contributed by atoms with Crippen LogP contribution in [-0.2, 0) is 19.1 Å². The van der Waals surface area contributed by atoms with Gasteiger partial charge in [-0.1, -0.05) is 0 Å². The maximum absolute atomic E-state index is 12.1. The predicted octanol–water partition coefficient (Wildman–Crippen LogP) is 0.300. The second-order valence-electron chi connectivity index (χ2n) is 6.87. The van der Waals surface area contributed by atoms with E-state index >= 15 is 0 Å². The Balaban J connectivity index is 1.35. The number of piperidine rings is 1. The highest BCUT2D eigenvalue weighted by Crippen LogP contribution is 2.40. The number of imide groups is 1. The third-order valence-corrected chi connectivity index (χ3v) is 4.88. The van der Waals surface area contributed by atoms with E-state index in [1.54, 1.807) is 0 Å². The largest absolute Gasteiger partial charge is 0.491 e. The van der Waals surface area contributed by atoms with Crippen molar-refractivity contribution < 1.29 is 23.8 Å². The molecule has 2 saturated heterocycles. The lowest BCUT2D eigenvalue weighted by molar-refractivity contribution is -0.143. The molecular formula is C19H27N3O5. The normalized spacial score (nSPS) is 18.3. The monoisotopic (exact) mass is 377 g/mol. The fourth-order valence-electron chi connectivity index (χ4n) is 3.33. The number of carbonyl (C=O) groups is 2. The summed E-state index contributed by atoms with van der Waals surface area (Å²) >= 11 is 0. The molecule has 27 heavy (non-hydrogen) atoms. The third-order valence-electron chi connectivity index (χ3n) is 4.88. The van der Waals surface area contributed by atoms with Crippen molar-refractivity contribution in [1.29, 1.82) is 0 Å². The number of benzene rings is 1. The molecule has 2 aliphatic rings. The Morgan fingerprint density at radius 1 is 1.00 bits per heavy atom. The van der Waals surface area contributed by atoms with E-state index in [-0.39, 0.29) is 11.8 Å². The van der Waals surface area contributed by atoms with Crippen molar-refractivity contribution in [2.45, 2.75) is 12.8 Å². The minimum absolute atomic E-state index is 0.136. The van der Waals surface area contributed by atoms with Gasteiger partial charge in [-0.25, -0.2) is 0 Å². The van der Waals surface area contributed by atoms with Crippen LogP contribution in [0.4, 0.5) is 5.69 Å². The van der Waals surface area contributed by atoms with Gasteiger partial charge in [-0.3, -0.25) is 14.9 Å². The van der Waals surface area contributed by atoms with Crippen molar-refractivity contribution in [2.75, 3.05) is 57.6 Å². The van der Waals surface area contributed by atoms with Crippen molar-refractivity contribution in [1.82, 2.24) is 5.32 Å². The summed E-state index contributed by atoms with van der Waals surface area (Å²) in [6.45, 7) is 4.39. The Bertz CT molecular complexity index is 643. The highest BCUT2D eigenvalue weighted by Gasteiger charge is 2.51. The molecule has 0 aliphatic carbocycles. The molecule has 2 heterocycles. The lowest BCUT2D eigenvalue weighted by atomic mass is 9.73. The van der Waals surface area contributed by atoms with Crippen LogP contribution in [0, 0.1) is 5.41 Å². The van der Waals surface area contributed by atoms with Crippen LogP contribution < -0.4 is 20.7 Å². The van der Waals surface area contributed by atoms with E-state index < -0.39 is 5.41 Å². The zero-order chi connectivity index (χ0) is 19.1. The van der Waals surface area contributed by atoms with Crippen molar-refractivity contribution in [3.05, 3.63) is 24.3 Å². The highest BCUT2D eigenvalue weighted by molar-refractivity contribution is 6.02. The summed E-state index contributed by atoms with van der Waals surface area (Å²) in [5, 5.41) is 2.45. The number of carbonyl (C=O) groups excluding carboxylic acids is 2. The number of hydrogen-bond acceptors (Lipinski definition) is 7. The highest BCUT2D eigenvalue weighted by atomic mass is 16.5. The Kier molecular flexibility index (Phi) is 6.65. The topological polar surface area (TPSA) is 103 Å². The summed E-state index contributed by atoms with van der Waals surface area (Å²) in [7, 11) is 0. The summed E-state index contributed by atoms with van der Waals surface area (Å²) < 4.78 is 16.3. The molecule has 3 rings (SSSR count). The zero-order valence-electron chi connectivity index (χ0n) is 15.4. The second-order valence-corrected chi connectivity index (χ2v) is 6.87. The minimum atomic E-state index is -0.408. The van der Waals surface area contributed by atoms with E-state index in [4.69, 9.17) is 19.9 Å². The van der Waals surface area contributed by atoms with Crippen LogP contribution in [0.15, 0.2) is 24.3 Å².